The summed E-state index contributed by atoms with van der Waals surface area (Å²) in [6.07, 6.45) is 0. The van der Waals surface area contributed by atoms with E-state index < -0.39 is 5.97 Å². The van der Waals surface area contributed by atoms with E-state index in [9.17, 15) is 9.59 Å². The van der Waals surface area contributed by atoms with Crippen molar-refractivity contribution in [3.8, 4) is 5.75 Å². The lowest BCUT2D eigenvalue weighted by atomic mass is 10.1. The van der Waals surface area contributed by atoms with Crippen LogP contribution >= 0.6 is 0 Å². The predicted molar refractivity (Wildman–Crippen MR) is 83.3 cm³/mol. The molecule has 1 N–H and O–H groups in total. The van der Waals surface area contributed by atoms with Gasteiger partial charge in [-0.2, -0.15) is 0 Å². The van der Waals surface area contributed by atoms with Crippen molar-refractivity contribution in [1.29, 1.82) is 0 Å². The molecule has 0 aliphatic heterocycles. The second kappa shape index (κ2) is 7.26. The van der Waals surface area contributed by atoms with Crippen LogP contribution < -0.4 is 10.1 Å². The van der Waals surface area contributed by atoms with Crippen molar-refractivity contribution in [1.82, 2.24) is 0 Å². The highest BCUT2D eigenvalue weighted by molar-refractivity contribution is 6.11. The number of methoxy groups -OCH3 is 1. The van der Waals surface area contributed by atoms with E-state index in [-0.39, 0.29) is 17.0 Å². The van der Waals surface area contributed by atoms with Gasteiger partial charge in [-0.1, -0.05) is 12.1 Å². The number of benzene rings is 2. The van der Waals surface area contributed by atoms with Gasteiger partial charge in [0.25, 0.3) is 5.91 Å². The molecule has 0 radical (unpaired) electrons. The third-order valence-electron chi connectivity index (χ3n) is 3.00. The second-order valence-electron chi connectivity index (χ2n) is 4.45. The van der Waals surface area contributed by atoms with Crippen LogP contribution in [0.3, 0.4) is 0 Å². The van der Waals surface area contributed by atoms with Gasteiger partial charge >= 0.3 is 5.97 Å². The molecular formula is C17H17NO4. The molecule has 0 spiro atoms. The van der Waals surface area contributed by atoms with Gasteiger partial charge in [-0.15, -0.1) is 0 Å². The molecule has 22 heavy (non-hydrogen) atoms. The van der Waals surface area contributed by atoms with Crippen LogP contribution in [-0.2, 0) is 4.74 Å². The fourth-order valence-corrected chi connectivity index (χ4v) is 1.97. The zero-order chi connectivity index (χ0) is 15.9. The van der Waals surface area contributed by atoms with E-state index in [0.29, 0.717) is 12.3 Å². The number of carbonyl (C=O) groups is 2. The minimum Gasteiger partial charge on any atom is -0.494 e. The van der Waals surface area contributed by atoms with E-state index in [4.69, 9.17) is 4.74 Å². The topological polar surface area (TPSA) is 64.6 Å². The lowest BCUT2D eigenvalue weighted by Gasteiger charge is -2.09. The molecule has 0 atom stereocenters. The molecule has 2 aromatic carbocycles. The highest BCUT2D eigenvalue weighted by Crippen LogP contribution is 2.17. The summed E-state index contributed by atoms with van der Waals surface area (Å²) in [5.74, 6) is -0.182. The number of esters is 1. The van der Waals surface area contributed by atoms with Crippen LogP contribution in [0.25, 0.3) is 0 Å². The summed E-state index contributed by atoms with van der Waals surface area (Å²) in [4.78, 5) is 24.0. The quantitative estimate of drug-likeness (QED) is 0.862. The maximum atomic E-state index is 12.3. The van der Waals surface area contributed by atoms with Gasteiger partial charge in [-0.05, 0) is 43.3 Å². The molecule has 0 saturated heterocycles. The molecule has 0 aliphatic carbocycles. The molecule has 2 rings (SSSR count). The lowest BCUT2D eigenvalue weighted by Crippen LogP contribution is -2.17. The molecule has 0 fully saturated rings. The molecule has 0 aromatic heterocycles. The monoisotopic (exact) mass is 299 g/mol. The number of hydrogen-bond donors (Lipinski definition) is 1. The summed E-state index contributed by atoms with van der Waals surface area (Å²) in [6, 6.07) is 13.5. The number of hydrogen-bond acceptors (Lipinski definition) is 4. The summed E-state index contributed by atoms with van der Waals surface area (Å²) >= 11 is 0. The minimum atomic E-state index is -0.544. The number of rotatable bonds is 5. The van der Waals surface area contributed by atoms with Crippen LogP contribution in [0, 0.1) is 0 Å². The van der Waals surface area contributed by atoms with Crippen molar-refractivity contribution in [3.05, 3.63) is 59.7 Å². The zero-order valence-electron chi connectivity index (χ0n) is 12.5. The van der Waals surface area contributed by atoms with E-state index in [1.165, 1.54) is 7.11 Å². The SMILES string of the molecule is CCOc1ccc(NC(=O)c2ccccc2C(=O)OC)cc1. The fourth-order valence-electron chi connectivity index (χ4n) is 1.97. The smallest absolute Gasteiger partial charge is 0.338 e. The first-order valence-corrected chi connectivity index (χ1v) is 6.87. The van der Waals surface area contributed by atoms with Crippen LogP contribution in [0.15, 0.2) is 48.5 Å². The standard InChI is InChI=1S/C17H17NO4/c1-3-22-13-10-8-12(9-11-13)18-16(19)14-6-4-5-7-15(14)17(20)21-2/h4-11H,3H2,1-2H3,(H,18,19). The summed E-state index contributed by atoms with van der Waals surface area (Å²) in [5, 5.41) is 2.74. The Balaban J connectivity index is 2.17. The predicted octanol–water partition coefficient (Wildman–Crippen LogP) is 3.12. The summed E-state index contributed by atoms with van der Waals surface area (Å²) < 4.78 is 10.0. The van der Waals surface area contributed by atoms with Gasteiger partial charge in [-0.3, -0.25) is 4.79 Å². The van der Waals surface area contributed by atoms with Crippen LogP contribution in [0.5, 0.6) is 5.75 Å². The highest BCUT2D eigenvalue weighted by atomic mass is 16.5. The molecule has 5 heteroatoms. The van der Waals surface area contributed by atoms with Gasteiger partial charge in [0.15, 0.2) is 0 Å². The average Bonchev–Trinajstić information content (AvgIpc) is 2.56. The number of amides is 1. The highest BCUT2D eigenvalue weighted by Gasteiger charge is 2.16. The van der Waals surface area contributed by atoms with Gasteiger partial charge in [0.1, 0.15) is 5.75 Å². The summed E-state index contributed by atoms with van der Waals surface area (Å²) in [5.41, 5.74) is 1.12. The first kappa shape index (κ1) is 15.6. The Bertz CT molecular complexity index is 665. The Kier molecular flexibility index (Phi) is 5.14. The third-order valence-corrected chi connectivity index (χ3v) is 3.00. The van der Waals surface area contributed by atoms with Gasteiger partial charge < -0.3 is 14.8 Å². The lowest BCUT2D eigenvalue weighted by molar-refractivity contribution is 0.0597. The van der Waals surface area contributed by atoms with Gasteiger partial charge in [0.2, 0.25) is 0 Å². The molecule has 0 aliphatic rings. The summed E-state index contributed by atoms with van der Waals surface area (Å²) in [6.45, 7) is 2.48. The molecule has 2 aromatic rings. The second-order valence-corrected chi connectivity index (χ2v) is 4.45. The Morgan fingerprint density at radius 3 is 2.23 bits per heavy atom. The molecule has 1 amide bonds. The van der Waals surface area contributed by atoms with Gasteiger partial charge in [0.05, 0.1) is 24.8 Å². The molecule has 0 heterocycles. The van der Waals surface area contributed by atoms with Crippen molar-refractivity contribution >= 4 is 17.6 Å². The van der Waals surface area contributed by atoms with Crippen molar-refractivity contribution in [2.45, 2.75) is 6.92 Å². The zero-order valence-corrected chi connectivity index (χ0v) is 12.5. The first-order valence-electron chi connectivity index (χ1n) is 6.87. The Morgan fingerprint density at radius 1 is 1.00 bits per heavy atom. The summed E-state index contributed by atoms with van der Waals surface area (Å²) in [7, 11) is 1.28. The Hall–Kier alpha value is -2.82. The molecule has 0 saturated carbocycles. The van der Waals surface area contributed by atoms with E-state index in [1.54, 1.807) is 48.5 Å². The van der Waals surface area contributed by atoms with Crippen LogP contribution in [0.1, 0.15) is 27.6 Å². The number of ether oxygens (including phenoxy) is 2. The Morgan fingerprint density at radius 2 is 1.64 bits per heavy atom. The van der Waals surface area contributed by atoms with Crippen molar-refractivity contribution < 1.29 is 19.1 Å². The van der Waals surface area contributed by atoms with Gasteiger partial charge in [0, 0.05) is 5.69 Å². The molecule has 114 valence electrons. The largest absolute Gasteiger partial charge is 0.494 e. The number of anilines is 1. The van der Waals surface area contributed by atoms with Gasteiger partial charge in [-0.25, -0.2) is 4.79 Å². The van der Waals surface area contributed by atoms with Crippen molar-refractivity contribution in [2.75, 3.05) is 19.0 Å². The maximum Gasteiger partial charge on any atom is 0.338 e. The fraction of sp³-hybridized carbons (Fsp3) is 0.176. The van der Waals surface area contributed by atoms with E-state index in [1.807, 2.05) is 6.92 Å². The Labute approximate surface area is 128 Å². The van der Waals surface area contributed by atoms with Crippen molar-refractivity contribution in [2.24, 2.45) is 0 Å². The van der Waals surface area contributed by atoms with Crippen LogP contribution in [0.2, 0.25) is 0 Å². The van der Waals surface area contributed by atoms with Crippen LogP contribution in [-0.4, -0.2) is 25.6 Å². The molecular weight excluding hydrogens is 282 g/mol. The average molecular weight is 299 g/mol. The molecule has 0 bridgehead atoms. The number of nitrogens with one attached hydrogen (secondary N) is 1. The third kappa shape index (κ3) is 3.63. The van der Waals surface area contributed by atoms with E-state index >= 15 is 0 Å². The van der Waals surface area contributed by atoms with E-state index in [2.05, 4.69) is 10.1 Å². The van der Waals surface area contributed by atoms with E-state index in [0.717, 1.165) is 5.75 Å². The minimum absolute atomic E-state index is 0.230. The van der Waals surface area contributed by atoms with Crippen LogP contribution in [0.4, 0.5) is 5.69 Å². The van der Waals surface area contributed by atoms with Crippen molar-refractivity contribution in [3.63, 3.8) is 0 Å². The first-order chi connectivity index (χ1) is 10.7. The number of carbonyl (C=O) groups excluding carboxylic acids is 2. The normalized spacial score (nSPS) is 9.91. The molecule has 5 nitrogen and oxygen atoms in total. The maximum absolute atomic E-state index is 12.3. The molecule has 0 unspecified atom stereocenters.